The minimum Gasteiger partial charge on any atom is -0.504 e. The predicted octanol–water partition coefficient (Wildman–Crippen LogP) is 5.93. The van der Waals surface area contributed by atoms with E-state index in [1.165, 1.54) is 0 Å². The quantitative estimate of drug-likeness (QED) is 0.543. The van der Waals surface area contributed by atoms with Gasteiger partial charge in [0.25, 0.3) is 0 Å². The Morgan fingerprint density at radius 3 is 2.41 bits per heavy atom. The van der Waals surface area contributed by atoms with E-state index in [-0.39, 0.29) is 18.0 Å². The fourth-order valence-electron chi connectivity index (χ4n) is 3.56. The van der Waals surface area contributed by atoms with Crippen LogP contribution in [-0.2, 0) is 0 Å². The van der Waals surface area contributed by atoms with Crippen molar-refractivity contribution in [3.8, 4) is 11.5 Å². The van der Waals surface area contributed by atoms with Gasteiger partial charge in [0.05, 0.1) is 7.11 Å². The molecule has 0 saturated carbocycles. The number of hydrogen-bond acceptors (Lipinski definition) is 4. The second-order valence-corrected chi connectivity index (χ2v) is 7.67. The van der Waals surface area contributed by atoms with Crippen LogP contribution in [0.3, 0.4) is 0 Å². The molecule has 0 unspecified atom stereocenters. The fraction of sp³-hybridized carbons (Fsp3) is 0.174. The molecule has 1 heterocycles. The molecule has 1 aliphatic rings. The molecule has 0 aliphatic carbocycles. The summed E-state index contributed by atoms with van der Waals surface area (Å²) in [6.07, 6.45) is 0.252. The Morgan fingerprint density at radius 2 is 1.69 bits per heavy atom. The van der Waals surface area contributed by atoms with E-state index >= 15 is 0 Å². The first-order valence-corrected chi connectivity index (χ1v) is 10.0. The molecule has 148 valence electrons. The van der Waals surface area contributed by atoms with Gasteiger partial charge in [-0.1, -0.05) is 65.7 Å². The van der Waals surface area contributed by atoms with Gasteiger partial charge in [-0.2, -0.15) is 0 Å². The summed E-state index contributed by atoms with van der Waals surface area (Å²) < 4.78 is 5.29. The molecule has 4 rings (SSSR count). The number of nitrogens with zero attached hydrogens (tertiary/aromatic N) is 1. The Hall–Kier alpha value is -2.53. The molecule has 4 nitrogen and oxygen atoms in total. The lowest BCUT2D eigenvalue weighted by Gasteiger charge is -2.31. The van der Waals surface area contributed by atoms with Crippen LogP contribution >= 0.6 is 23.2 Å². The molecule has 0 saturated heterocycles. The number of ether oxygens (including phenoxy) is 1. The zero-order valence-corrected chi connectivity index (χ0v) is 17.3. The zero-order valence-electron chi connectivity index (χ0n) is 15.8. The van der Waals surface area contributed by atoms with E-state index in [1.807, 2.05) is 60.7 Å². The van der Waals surface area contributed by atoms with Gasteiger partial charge in [0.2, 0.25) is 0 Å². The first-order valence-electron chi connectivity index (χ1n) is 9.25. The van der Waals surface area contributed by atoms with Gasteiger partial charge in [-0.25, -0.2) is 0 Å². The minimum atomic E-state index is -0.348. The van der Waals surface area contributed by atoms with Gasteiger partial charge >= 0.3 is 0 Å². The number of halogens is 2. The molecule has 0 spiro atoms. The highest BCUT2D eigenvalue weighted by Crippen LogP contribution is 2.39. The fourth-order valence-corrected chi connectivity index (χ4v) is 3.93. The average molecular weight is 427 g/mol. The van der Waals surface area contributed by atoms with E-state index < -0.39 is 0 Å². The molecule has 3 aromatic rings. The van der Waals surface area contributed by atoms with E-state index in [9.17, 15) is 5.11 Å². The predicted molar refractivity (Wildman–Crippen MR) is 117 cm³/mol. The maximum Gasteiger partial charge on any atom is 0.162 e. The van der Waals surface area contributed by atoms with Crippen molar-refractivity contribution in [3.05, 3.63) is 93.5 Å². The van der Waals surface area contributed by atoms with E-state index in [2.05, 4.69) is 5.32 Å². The standard InChI is InChI=1S/C23H20Cl2N2O2/c1-29-21-8-4-6-17(22(21)28)20-13-19(14-9-11-15(24)12-10-14)26-23(27-20)16-5-2-3-7-18(16)25/h2-12,20,23,27-28H,13H2,1H3/t20-,23-/m0/s1. The molecule has 0 radical (unpaired) electrons. The van der Waals surface area contributed by atoms with Gasteiger partial charge in [-0.05, 0) is 29.8 Å². The number of aliphatic imine (C=N–C) groups is 1. The number of para-hydroxylation sites is 1. The topological polar surface area (TPSA) is 53.8 Å². The number of hydrogen-bond donors (Lipinski definition) is 2. The summed E-state index contributed by atoms with van der Waals surface area (Å²) in [6, 6.07) is 20.6. The number of phenols is 1. The van der Waals surface area contributed by atoms with Crippen molar-refractivity contribution in [3.63, 3.8) is 0 Å². The number of phenolic OH excluding ortho intramolecular Hbond substituents is 1. The Bertz CT molecular complexity index is 1050. The van der Waals surface area contributed by atoms with Gasteiger partial charge in [-0.15, -0.1) is 0 Å². The number of aromatic hydroxyl groups is 1. The van der Waals surface area contributed by atoms with Crippen molar-refractivity contribution in [1.82, 2.24) is 5.32 Å². The largest absolute Gasteiger partial charge is 0.504 e. The maximum absolute atomic E-state index is 10.7. The van der Waals surface area contributed by atoms with E-state index in [0.717, 1.165) is 22.4 Å². The van der Waals surface area contributed by atoms with Crippen molar-refractivity contribution < 1.29 is 9.84 Å². The molecule has 2 N–H and O–H groups in total. The summed E-state index contributed by atoms with van der Waals surface area (Å²) in [5.74, 6) is 0.567. The van der Waals surface area contributed by atoms with Gasteiger partial charge in [-0.3, -0.25) is 10.3 Å². The third kappa shape index (κ3) is 4.10. The van der Waals surface area contributed by atoms with Crippen molar-refractivity contribution in [2.45, 2.75) is 18.6 Å². The number of methoxy groups -OCH3 is 1. The third-order valence-electron chi connectivity index (χ3n) is 5.04. The summed E-state index contributed by atoms with van der Waals surface area (Å²) in [4.78, 5) is 4.93. The Kier molecular flexibility index (Phi) is 5.76. The normalized spacial score (nSPS) is 18.9. The maximum atomic E-state index is 10.7. The molecule has 3 aromatic carbocycles. The van der Waals surface area contributed by atoms with Crippen LogP contribution in [0.5, 0.6) is 11.5 Å². The summed E-state index contributed by atoms with van der Waals surface area (Å²) in [6.45, 7) is 0. The monoisotopic (exact) mass is 426 g/mol. The molecule has 2 atom stereocenters. The Labute approximate surface area is 179 Å². The second-order valence-electron chi connectivity index (χ2n) is 6.83. The molecule has 0 fully saturated rings. The summed E-state index contributed by atoms with van der Waals surface area (Å²) >= 11 is 12.5. The van der Waals surface area contributed by atoms with Crippen LogP contribution in [-0.4, -0.2) is 17.9 Å². The van der Waals surface area contributed by atoms with Crippen LogP contribution in [0.15, 0.2) is 71.7 Å². The number of rotatable bonds is 4. The zero-order chi connectivity index (χ0) is 20.4. The Balaban J connectivity index is 1.78. The third-order valence-corrected chi connectivity index (χ3v) is 5.64. The number of benzene rings is 3. The van der Waals surface area contributed by atoms with E-state index in [0.29, 0.717) is 22.2 Å². The second kappa shape index (κ2) is 8.46. The van der Waals surface area contributed by atoms with Crippen LogP contribution in [0.1, 0.15) is 35.3 Å². The lowest BCUT2D eigenvalue weighted by molar-refractivity contribution is 0.360. The highest BCUT2D eigenvalue weighted by Gasteiger charge is 2.29. The smallest absolute Gasteiger partial charge is 0.162 e. The van der Waals surface area contributed by atoms with Crippen LogP contribution in [0.4, 0.5) is 0 Å². The van der Waals surface area contributed by atoms with E-state index in [1.54, 1.807) is 13.2 Å². The SMILES string of the molecule is COc1cccc([C@@H]2CC(c3ccc(Cl)cc3)=N[C@H](c3ccccc3Cl)N2)c1O. The highest BCUT2D eigenvalue weighted by molar-refractivity contribution is 6.31. The molecule has 1 aliphatic heterocycles. The summed E-state index contributed by atoms with van der Waals surface area (Å²) in [7, 11) is 1.54. The molecular formula is C23H20Cl2N2O2. The Morgan fingerprint density at radius 1 is 0.966 bits per heavy atom. The highest BCUT2D eigenvalue weighted by atomic mass is 35.5. The molecule has 0 aromatic heterocycles. The average Bonchev–Trinajstić information content (AvgIpc) is 2.74. The van der Waals surface area contributed by atoms with Crippen LogP contribution < -0.4 is 10.1 Å². The summed E-state index contributed by atoms with van der Waals surface area (Å²) in [5.41, 5.74) is 3.54. The van der Waals surface area contributed by atoms with Crippen LogP contribution in [0.25, 0.3) is 0 Å². The molecular weight excluding hydrogens is 407 g/mol. The lowest BCUT2D eigenvalue weighted by Crippen LogP contribution is -2.33. The minimum absolute atomic E-state index is 0.128. The number of nitrogens with one attached hydrogen (secondary N) is 1. The van der Waals surface area contributed by atoms with Crippen molar-refractivity contribution >= 4 is 28.9 Å². The summed E-state index contributed by atoms with van der Waals surface area (Å²) in [5, 5.41) is 15.5. The first kappa shape index (κ1) is 19.8. The van der Waals surface area contributed by atoms with Gasteiger partial charge in [0.1, 0.15) is 6.17 Å². The van der Waals surface area contributed by atoms with Gasteiger partial charge < -0.3 is 9.84 Å². The van der Waals surface area contributed by atoms with Gasteiger partial charge in [0, 0.05) is 39.3 Å². The molecule has 0 bridgehead atoms. The van der Waals surface area contributed by atoms with Crippen molar-refractivity contribution in [2.24, 2.45) is 4.99 Å². The lowest BCUT2D eigenvalue weighted by atomic mass is 9.93. The van der Waals surface area contributed by atoms with Crippen molar-refractivity contribution in [2.75, 3.05) is 7.11 Å². The van der Waals surface area contributed by atoms with E-state index in [4.69, 9.17) is 32.9 Å². The van der Waals surface area contributed by atoms with Crippen molar-refractivity contribution in [1.29, 1.82) is 0 Å². The molecule has 29 heavy (non-hydrogen) atoms. The van der Waals surface area contributed by atoms with Gasteiger partial charge in [0.15, 0.2) is 11.5 Å². The van der Waals surface area contributed by atoms with Crippen LogP contribution in [0, 0.1) is 0 Å². The molecule has 0 amide bonds. The van der Waals surface area contributed by atoms with Crippen LogP contribution in [0.2, 0.25) is 10.0 Å². The first-order chi connectivity index (χ1) is 14.1. The molecule has 6 heteroatoms.